The second kappa shape index (κ2) is 6.87. The van der Waals surface area contributed by atoms with E-state index < -0.39 is 10.5 Å². The Kier molecular flexibility index (Phi) is 5.47. The normalized spacial score (nSPS) is 13.3. The molecule has 0 radical (unpaired) electrons. The number of nitro benzene ring substituents is 1. The Balaban J connectivity index is 2.74. The van der Waals surface area contributed by atoms with E-state index in [9.17, 15) is 10.1 Å². The largest absolute Gasteiger partial charge is 0.487 e. The van der Waals surface area contributed by atoms with Crippen LogP contribution in [0.5, 0.6) is 5.75 Å². The Bertz CT molecular complexity index is 525. The first kappa shape index (κ1) is 15.9. The van der Waals surface area contributed by atoms with E-state index in [4.69, 9.17) is 10.00 Å². The Labute approximate surface area is 118 Å². The zero-order valence-corrected chi connectivity index (χ0v) is 12.0. The van der Waals surface area contributed by atoms with E-state index in [0.29, 0.717) is 18.5 Å². The van der Waals surface area contributed by atoms with Gasteiger partial charge in [0.05, 0.1) is 17.6 Å². The van der Waals surface area contributed by atoms with E-state index in [2.05, 4.69) is 11.4 Å². The van der Waals surface area contributed by atoms with Gasteiger partial charge in [0.15, 0.2) is 5.75 Å². The maximum absolute atomic E-state index is 11.0. The summed E-state index contributed by atoms with van der Waals surface area (Å²) in [6.45, 7) is 6.28. The van der Waals surface area contributed by atoms with Gasteiger partial charge in [0.25, 0.3) is 0 Å². The van der Waals surface area contributed by atoms with Crippen LogP contribution in [0.3, 0.4) is 0 Å². The fourth-order valence-corrected chi connectivity index (χ4v) is 1.92. The summed E-state index contributed by atoms with van der Waals surface area (Å²) in [5.74, 6) is 0.242. The van der Waals surface area contributed by atoms with E-state index in [1.165, 1.54) is 0 Å². The van der Waals surface area contributed by atoms with Gasteiger partial charge in [0.1, 0.15) is 5.54 Å². The van der Waals surface area contributed by atoms with Crippen molar-refractivity contribution in [3.8, 4) is 11.8 Å². The van der Waals surface area contributed by atoms with Crippen LogP contribution in [0, 0.1) is 28.4 Å². The van der Waals surface area contributed by atoms with E-state index in [0.717, 1.165) is 0 Å². The van der Waals surface area contributed by atoms with E-state index in [-0.39, 0.29) is 18.0 Å². The number of benzene rings is 1. The van der Waals surface area contributed by atoms with Gasteiger partial charge in [-0.1, -0.05) is 19.1 Å². The first-order valence-corrected chi connectivity index (χ1v) is 6.46. The maximum Gasteiger partial charge on any atom is 0.313 e. The van der Waals surface area contributed by atoms with Gasteiger partial charge in [-0.05, 0) is 26.5 Å². The van der Waals surface area contributed by atoms with Crippen LogP contribution in [0.15, 0.2) is 18.2 Å². The van der Waals surface area contributed by atoms with Crippen molar-refractivity contribution in [1.82, 2.24) is 5.32 Å². The molecule has 6 nitrogen and oxygen atoms in total. The van der Waals surface area contributed by atoms with Crippen molar-refractivity contribution in [1.29, 1.82) is 5.26 Å². The highest BCUT2D eigenvalue weighted by Crippen LogP contribution is 2.30. The van der Waals surface area contributed by atoms with Gasteiger partial charge in [-0.3, -0.25) is 15.4 Å². The summed E-state index contributed by atoms with van der Waals surface area (Å²) in [4.78, 5) is 10.6. The summed E-state index contributed by atoms with van der Waals surface area (Å²) >= 11 is 0. The molecule has 1 aromatic rings. The standard InChI is InChI=1S/C14H19N3O3/c1-4-16-14(3,10-15)8-9-20-12-7-5-6-11(2)13(12)17(18)19/h5-7,16H,4,8-9H2,1-3H3. The highest BCUT2D eigenvalue weighted by atomic mass is 16.6. The van der Waals surface area contributed by atoms with Crippen molar-refractivity contribution in [2.45, 2.75) is 32.7 Å². The second-order valence-corrected chi connectivity index (χ2v) is 4.75. The van der Waals surface area contributed by atoms with Crippen LogP contribution in [0.25, 0.3) is 0 Å². The van der Waals surface area contributed by atoms with Crippen molar-refractivity contribution in [3.05, 3.63) is 33.9 Å². The van der Waals surface area contributed by atoms with Gasteiger partial charge < -0.3 is 4.74 Å². The van der Waals surface area contributed by atoms with Crippen LogP contribution in [-0.2, 0) is 0 Å². The van der Waals surface area contributed by atoms with Gasteiger partial charge in [-0.2, -0.15) is 5.26 Å². The summed E-state index contributed by atoms with van der Waals surface area (Å²) in [5.41, 5.74) is -0.148. The van der Waals surface area contributed by atoms with Crippen molar-refractivity contribution in [2.24, 2.45) is 0 Å². The van der Waals surface area contributed by atoms with Gasteiger partial charge in [-0.15, -0.1) is 0 Å². The number of aryl methyl sites for hydroxylation is 1. The molecule has 0 saturated carbocycles. The van der Waals surface area contributed by atoms with Crippen LogP contribution in [0.4, 0.5) is 5.69 Å². The molecule has 0 saturated heterocycles. The van der Waals surface area contributed by atoms with Crippen LogP contribution in [0.1, 0.15) is 25.8 Å². The zero-order chi connectivity index (χ0) is 15.2. The number of nitro groups is 1. The lowest BCUT2D eigenvalue weighted by molar-refractivity contribution is -0.386. The first-order valence-electron chi connectivity index (χ1n) is 6.46. The number of hydrogen-bond acceptors (Lipinski definition) is 5. The Morgan fingerprint density at radius 3 is 2.80 bits per heavy atom. The van der Waals surface area contributed by atoms with Crippen LogP contribution in [-0.4, -0.2) is 23.6 Å². The molecule has 1 unspecified atom stereocenters. The SMILES string of the molecule is CCNC(C)(C#N)CCOc1cccc(C)c1[N+](=O)[O-]. The molecule has 0 amide bonds. The lowest BCUT2D eigenvalue weighted by Gasteiger charge is -2.22. The minimum atomic E-state index is -0.687. The van der Waals surface area contributed by atoms with Gasteiger partial charge in [-0.25, -0.2) is 0 Å². The number of nitriles is 1. The van der Waals surface area contributed by atoms with E-state index >= 15 is 0 Å². The fourth-order valence-electron chi connectivity index (χ4n) is 1.92. The third-order valence-corrected chi connectivity index (χ3v) is 3.06. The molecule has 20 heavy (non-hydrogen) atoms. The zero-order valence-electron chi connectivity index (χ0n) is 12.0. The molecule has 0 bridgehead atoms. The molecular formula is C14H19N3O3. The Morgan fingerprint density at radius 1 is 1.55 bits per heavy atom. The molecule has 0 aliphatic heterocycles. The first-order chi connectivity index (χ1) is 9.43. The minimum absolute atomic E-state index is 0.0189. The van der Waals surface area contributed by atoms with Gasteiger partial charge in [0, 0.05) is 12.0 Å². The number of nitrogens with one attached hydrogen (secondary N) is 1. The fraction of sp³-hybridized carbons (Fsp3) is 0.500. The quantitative estimate of drug-likeness (QED) is 0.611. The minimum Gasteiger partial charge on any atom is -0.487 e. The molecule has 0 aliphatic carbocycles. The maximum atomic E-state index is 11.0. The van der Waals surface area contributed by atoms with Crippen molar-refractivity contribution in [2.75, 3.05) is 13.2 Å². The Hall–Kier alpha value is -2.13. The molecular weight excluding hydrogens is 258 g/mol. The second-order valence-electron chi connectivity index (χ2n) is 4.75. The molecule has 1 aromatic carbocycles. The molecule has 1 N–H and O–H groups in total. The summed E-state index contributed by atoms with van der Waals surface area (Å²) in [6.07, 6.45) is 0.447. The van der Waals surface area contributed by atoms with E-state index in [1.807, 2.05) is 6.92 Å². The lowest BCUT2D eigenvalue weighted by atomic mass is 10.0. The summed E-state index contributed by atoms with van der Waals surface area (Å²) in [6, 6.07) is 7.14. The van der Waals surface area contributed by atoms with Crippen LogP contribution < -0.4 is 10.1 Å². The summed E-state index contributed by atoms with van der Waals surface area (Å²) in [5, 5.41) is 23.2. The number of ether oxygens (including phenoxy) is 1. The molecule has 1 rings (SSSR count). The average molecular weight is 277 g/mol. The number of hydrogen-bond donors (Lipinski definition) is 1. The molecule has 108 valence electrons. The summed E-state index contributed by atoms with van der Waals surface area (Å²) in [7, 11) is 0. The highest BCUT2D eigenvalue weighted by Gasteiger charge is 2.23. The smallest absolute Gasteiger partial charge is 0.313 e. The van der Waals surface area contributed by atoms with Crippen molar-refractivity contribution >= 4 is 5.69 Å². The van der Waals surface area contributed by atoms with Crippen molar-refractivity contribution in [3.63, 3.8) is 0 Å². The predicted octanol–water partition coefficient (Wildman–Crippen LogP) is 2.56. The summed E-state index contributed by atoms with van der Waals surface area (Å²) < 4.78 is 5.49. The molecule has 1 atom stereocenters. The van der Waals surface area contributed by atoms with Gasteiger partial charge in [0.2, 0.25) is 0 Å². The highest BCUT2D eigenvalue weighted by molar-refractivity contribution is 5.52. The number of nitrogens with zero attached hydrogens (tertiary/aromatic N) is 2. The average Bonchev–Trinajstić information content (AvgIpc) is 2.38. The van der Waals surface area contributed by atoms with Gasteiger partial charge >= 0.3 is 5.69 Å². The van der Waals surface area contributed by atoms with E-state index in [1.54, 1.807) is 32.0 Å². The molecule has 6 heteroatoms. The molecule has 0 fully saturated rings. The number of rotatable bonds is 7. The molecule has 0 heterocycles. The molecule has 0 aliphatic rings. The topological polar surface area (TPSA) is 88.2 Å². The monoisotopic (exact) mass is 277 g/mol. The third kappa shape index (κ3) is 3.93. The number of para-hydroxylation sites is 1. The Morgan fingerprint density at radius 2 is 2.25 bits per heavy atom. The third-order valence-electron chi connectivity index (χ3n) is 3.06. The molecule has 0 aromatic heterocycles. The van der Waals surface area contributed by atoms with Crippen molar-refractivity contribution < 1.29 is 9.66 Å². The van der Waals surface area contributed by atoms with Crippen LogP contribution in [0.2, 0.25) is 0 Å². The predicted molar refractivity (Wildman–Crippen MR) is 75.6 cm³/mol. The molecule has 0 spiro atoms. The van der Waals surface area contributed by atoms with Crippen LogP contribution >= 0.6 is 0 Å². The lowest BCUT2D eigenvalue weighted by Crippen LogP contribution is -2.42.